The Kier molecular flexibility index (Phi) is 7.13. The molecule has 0 atom stereocenters. The number of ketones is 1. The summed E-state index contributed by atoms with van der Waals surface area (Å²) in [6.45, 7) is 4.10. The van der Waals surface area contributed by atoms with Crippen molar-refractivity contribution in [3.63, 3.8) is 0 Å². The Labute approximate surface area is 185 Å². The van der Waals surface area contributed by atoms with Crippen LogP contribution in [0.25, 0.3) is 0 Å². The molecule has 0 bridgehead atoms. The summed E-state index contributed by atoms with van der Waals surface area (Å²) in [6, 6.07) is 7.35. The number of anilines is 3. The number of hydrogen-bond donors (Lipinski definition) is 3. The first-order valence-corrected chi connectivity index (χ1v) is 11.1. The molecule has 0 fully saturated rings. The van der Waals surface area contributed by atoms with Gasteiger partial charge in [-0.15, -0.1) is 10.2 Å². The predicted molar refractivity (Wildman–Crippen MR) is 122 cm³/mol. The Hall–Kier alpha value is -3.12. The molecule has 3 rings (SSSR count). The van der Waals surface area contributed by atoms with Crippen LogP contribution in [0.4, 0.5) is 16.6 Å². The zero-order chi connectivity index (χ0) is 22.5. The minimum absolute atomic E-state index is 0.0685. The molecule has 0 amide bonds. The van der Waals surface area contributed by atoms with Gasteiger partial charge in [0.05, 0.1) is 12.9 Å². The van der Waals surface area contributed by atoms with Crippen LogP contribution >= 0.6 is 23.1 Å². The lowest BCUT2D eigenvalue weighted by molar-refractivity contribution is 0.102. The van der Waals surface area contributed by atoms with Crippen molar-refractivity contribution in [2.75, 3.05) is 23.9 Å². The lowest BCUT2D eigenvalue weighted by Crippen LogP contribution is -2.37. The summed E-state index contributed by atoms with van der Waals surface area (Å²) < 4.78 is 6.95. The quantitative estimate of drug-likeness (QED) is 0.322. The van der Waals surface area contributed by atoms with E-state index < -0.39 is 17.0 Å². The molecule has 10 nitrogen and oxygen atoms in total. The van der Waals surface area contributed by atoms with E-state index in [4.69, 9.17) is 10.5 Å². The number of carbonyl (C=O) groups is 1. The summed E-state index contributed by atoms with van der Waals surface area (Å²) in [7, 11) is 1.59. The average molecular weight is 463 g/mol. The van der Waals surface area contributed by atoms with E-state index in [1.54, 1.807) is 7.11 Å². The third-order valence-electron chi connectivity index (χ3n) is 4.12. The topological polar surface area (TPSA) is 145 Å². The number of nitrogens with zero attached hydrogens (tertiary/aromatic N) is 3. The molecule has 12 heteroatoms. The maximum Gasteiger partial charge on any atom is 0.329 e. The molecule has 2 aromatic heterocycles. The Morgan fingerprint density at radius 3 is 2.84 bits per heavy atom. The fourth-order valence-electron chi connectivity index (χ4n) is 2.75. The van der Waals surface area contributed by atoms with Crippen molar-refractivity contribution < 1.29 is 9.53 Å². The van der Waals surface area contributed by atoms with Gasteiger partial charge in [-0.05, 0) is 18.1 Å². The van der Waals surface area contributed by atoms with E-state index in [0.29, 0.717) is 21.8 Å². The molecular formula is C19H22N6O4S2. The van der Waals surface area contributed by atoms with Gasteiger partial charge in [0.1, 0.15) is 17.1 Å². The van der Waals surface area contributed by atoms with Crippen molar-refractivity contribution in [1.82, 2.24) is 19.7 Å². The predicted octanol–water partition coefficient (Wildman–Crippen LogP) is 2.35. The van der Waals surface area contributed by atoms with Crippen LogP contribution in [0.15, 0.2) is 38.2 Å². The molecule has 0 aliphatic rings. The summed E-state index contributed by atoms with van der Waals surface area (Å²) >= 11 is 2.40. The molecule has 164 valence electrons. The number of H-pyrrole nitrogens is 1. The monoisotopic (exact) mass is 462 g/mol. The molecule has 0 radical (unpaired) electrons. The number of aromatic amines is 1. The van der Waals surface area contributed by atoms with Gasteiger partial charge in [-0.3, -0.25) is 19.1 Å². The largest absolute Gasteiger partial charge is 0.497 e. The Bertz CT molecular complexity index is 1200. The summed E-state index contributed by atoms with van der Waals surface area (Å²) in [5.41, 5.74) is 5.14. The number of nitrogen functional groups attached to an aromatic ring is 1. The molecule has 0 unspecified atom stereocenters. The van der Waals surface area contributed by atoms with Gasteiger partial charge < -0.3 is 15.8 Å². The first-order chi connectivity index (χ1) is 14.8. The molecule has 0 spiro atoms. The van der Waals surface area contributed by atoms with Gasteiger partial charge in [0.25, 0.3) is 5.56 Å². The molecular weight excluding hydrogens is 440 g/mol. The van der Waals surface area contributed by atoms with Crippen LogP contribution in [-0.2, 0) is 6.54 Å². The summed E-state index contributed by atoms with van der Waals surface area (Å²) in [6.07, 6.45) is 0. The second-order valence-electron chi connectivity index (χ2n) is 6.97. The molecule has 1 aromatic carbocycles. The van der Waals surface area contributed by atoms with Crippen molar-refractivity contribution in [3.8, 4) is 5.75 Å². The van der Waals surface area contributed by atoms with Crippen LogP contribution in [0.3, 0.4) is 0 Å². The Balaban J connectivity index is 1.70. The van der Waals surface area contributed by atoms with Gasteiger partial charge in [0.15, 0.2) is 10.1 Å². The molecule has 31 heavy (non-hydrogen) atoms. The zero-order valence-electron chi connectivity index (χ0n) is 17.2. The number of benzene rings is 1. The van der Waals surface area contributed by atoms with Crippen LogP contribution in [0.1, 0.15) is 24.2 Å². The molecule has 4 N–H and O–H groups in total. The highest BCUT2D eigenvalue weighted by Crippen LogP contribution is 2.29. The number of methoxy groups -OCH3 is 1. The number of nitrogens with one attached hydrogen (secondary N) is 2. The number of thioether (sulfide) groups is 1. The zero-order valence-corrected chi connectivity index (χ0v) is 18.8. The third kappa shape index (κ3) is 5.52. The van der Waals surface area contributed by atoms with Crippen LogP contribution < -0.4 is 27.0 Å². The van der Waals surface area contributed by atoms with Crippen molar-refractivity contribution >= 4 is 45.5 Å². The minimum atomic E-state index is -0.786. The number of nitrogens with two attached hydrogens (primary N) is 1. The standard InChI is InChI=1S/C19H22N6O4S2/c1-10(2)8-25-15(20)14(16(27)22-18(25)28)13(26)9-30-19-24-23-17(31-19)21-11-5-4-6-12(7-11)29-3/h4-7,10H,8-9,20H2,1-3H3,(H,21,23)(H,22,27,28). The highest BCUT2D eigenvalue weighted by Gasteiger charge is 2.20. The van der Waals surface area contributed by atoms with E-state index in [2.05, 4.69) is 20.5 Å². The Morgan fingerprint density at radius 2 is 2.13 bits per heavy atom. The number of ether oxygens (including phenoxy) is 1. The molecule has 0 aliphatic carbocycles. The van der Waals surface area contributed by atoms with E-state index in [9.17, 15) is 14.4 Å². The highest BCUT2D eigenvalue weighted by molar-refractivity contribution is 8.01. The van der Waals surface area contributed by atoms with Crippen LogP contribution in [0, 0.1) is 5.92 Å². The fourth-order valence-corrected chi connectivity index (χ4v) is 4.39. The number of rotatable bonds is 9. The fraction of sp³-hybridized carbons (Fsp3) is 0.316. The van der Waals surface area contributed by atoms with Crippen molar-refractivity contribution in [2.24, 2.45) is 5.92 Å². The smallest absolute Gasteiger partial charge is 0.329 e. The number of carbonyl (C=O) groups excluding carboxylic acids is 1. The third-order valence-corrected chi connectivity index (χ3v) is 6.09. The Morgan fingerprint density at radius 1 is 1.35 bits per heavy atom. The number of aromatic nitrogens is 4. The van der Waals surface area contributed by atoms with Gasteiger partial charge in [0.2, 0.25) is 5.13 Å². The van der Waals surface area contributed by atoms with Crippen molar-refractivity contribution in [2.45, 2.75) is 24.7 Å². The first kappa shape index (κ1) is 22.6. The normalized spacial score (nSPS) is 11.0. The first-order valence-electron chi connectivity index (χ1n) is 9.31. The van der Waals surface area contributed by atoms with Gasteiger partial charge in [0, 0.05) is 18.3 Å². The second-order valence-corrected chi connectivity index (χ2v) is 9.17. The van der Waals surface area contributed by atoms with Gasteiger partial charge in [-0.25, -0.2) is 4.79 Å². The van der Waals surface area contributed by atoms with Gasteiger partial charge >= 0.3 is 5.69 Å². The van der Waals surface area contributed by atoms with Crippen molar-refractivity contribution in [3.05, 3.63) is 50.7 Å². The van der Waals surface area contributed by atoms with E-state index in [0.717, 1.165) is 17.4 Å². The number of hydrogen-bond acceptors (Lipinski definition) is 10. The maximum atomic E-state index is 12.7. The van der Waals surface area contributed by atoms with E-state index in [1.165, 1.54) is 15.9 Å². The van der Waals surface area contributed by atoms with Gasteiger partial charge in [-0.2, -0.15) is 0 Å². The summed E-state index contributed by atoms with van der Waals surface area (Å²) in [4.78, 5) is 39.0. The molecule has 3 aromatic rings. The maximum absolute atomic E-state index is 12.7. The van der Waals surface area contributed by atoms with Crippen LogP contribution in [-0.4, -0.2) is 38.4 Å². The van der Waals surface area contributed by atoms with Gasteiger partial charge in [-0.1, -0.05) is 43.0 Å². The summed E-state index contributed by atoms with van der Waals surface area (Å²) in [5.74, 6) is 0.141. The molecule has 0 aliphatic heterocycles. The van der Waals surface area contributed by atoms with Crippen LogP contribution in [0.2, 0.25) is 0 Å². The molecule has 0 saturated heterocycles. The second kappa shape index (κ2) is 9.79. The summed E-state index contributed by atoms with van der Waals surface area (Å²) in [5, 5.41) is 11.8. The minimum Gasteiger partial charge on any atom is -0.497 e. The van der Waals surface area contributed by atoms with E-state index in [-0.39, 0.29) is 23.1 Å². The molecule has 0 saturated carbocycles. The van der Waals surface area contributed by atoms with E-state index >= 15 is 0 Å². The number of Topliss-reactive ketones (excluding diaryl/α,β-unsaturated/α-hetero) is 1. The molecule has 2 heterocycles. The van der Waals surface area contributed by atoms with Crippen molar-refractivity contribution in [1.29, 1.82) is 0 Å². The average Bonchev–Trinajstić information content (AvgIpc) is 3.16. The van der Waals surface area contributed by atoms with Crippen LogP contribution in [0.5, 0.6) is 5.75 Å². The van der Waals surface area contributed by atoms with E-state index in [1.807, 2.05) is 38.1 Å². The lowest BCUT2D eigenvalue weighted by atomic mass is 10.2. The SMILES string of the molecule is COc1cccc(Nc2nnc(SCC(=O)c3c(N)n(CC(C)C)c(=O)[nH]c3=O)s2)c1. The highest BCUT2D eigenvalue weighted by atomic mass is 32.2. The lowest BCUT2D eigenvalue weighted by Gasteiger charge is -2.13.